The molecular formula is C14H15NO. The molecule has 1 aromatic heterocycles. The second kappa shape index (κ2) is 5.81. The van der Waals surface area contributed by atoms with E-state index in [9.17, 15) is 4.79 Å². The van der Waals surface area contributed by atoms with Crippen LogP contribution >= 0.6 is 0 Å². The van der Waals surface area contributed by atoms with Gasteiger partial charge in [0.05, 0.1) is 0 Å². The number of Topliss-reactive ketones (excluding diaryl/α,β-unsaturated/α-hetero) is 1. The largest absolute Gasteiger partial charge is 0.289 e. The molecular weight excluding hydrogens is 198 g/mol. The first-order valence-corrected chi connectivity index (χ1v) is 5.08. The zero-order valence-electron chi connectivity index (χ0n) is 9.60. The van der Waals surface area contributed by atoms with E-state index < -0.39 is 0 Å². The van der Waals surface area contributed by atoms with Crippen LogP contribution in [-0.4, -0.2) is 10.8 Å². The Morgan fingerprint density at radius 1 is 1.44 bits per heavy atom. The number of aromatic nitrogens is 1. The van der Waals surface area contributed by atoms with Crippen LogP contribution in [-0.2, 0) is 0 Å². The second-order valence-corrected chi connectivity index (χ2v) is 3.58. The number of allylic oxidation sites excluding steroid dienone is 5. The maximum atomic E-state index is 12.1. The fourth-order valence-corrected chi connectivity index (χ4v) is 1.29. The predicted molar refractivity (Wildman–Crippen MR) is 66.3 cm³/mol. The highest BCUT2D eigenvalue weighted by molar-refractivity contribution is 6.10. The van der Waals surface area contributed by atoms with Crippen molar-refractivity contribution in [1.82, 2.24) is 4.98 Å². The zero-order valence-corrected chi connectivity index (χ0v) is 9.60. The molecule has 0 radical (unpaired) electrons. The Bertz CT molecular complexity index is 437. The second-order valence-electron chi connectivity index (χ2n) is 3.58. The highest BCUT2D eigenvalue weighted by Crippen LogP contribution is 2.13. The summed E-state index contributed by atoms with van der Waals surface area (Å²) < 4.78 is 0. The molecule has 0 atom stereocenters. The molecule has 1 heterocycles. The van der Waals surface area contributed by atoms with E-state index in [4.69, 9.17) is 0 Å². The van der Waals surface area contributed by atoms with Crippen molar-refractivity contribution in [1.29, 1.82) is 0 Å². The molecule has 82 valence electrons. The molecule has 0 aliphatic rings. The van der Waals surface area contributed by atoms with E-state index in [0.29, 0.717) is 11.1 Å². The smallest absolute Gasteiger partial charge is 0.194 e. The minimum absolute atomic E-state index is 0.00815. The Balaban J connectivity index is 3.08. The predicted octanol–water partition coefficient (Wildman–Crippen LogP) is 3.34. The zero-order chi connectivity index (χ0) is 12.0. The lowest BCUT2D eigenvalue weighted by Crippen LogP contribution is -2.03. The molecule has 2 nitrogen and oxygen atoms in total. The topological polar surface area (TPSA) is 30.0 Å². The van der Waals surface area contributed by atoms with E-state index >= 15 is 0 Å². The van der Waals surface area contributed by atoms with Gasteiger partial charge in [0, 0.05) is 23.5 Å². The van der Waals surface area contributed by atoms with E-state index in [0.717, 1.165) is 5.57 Å². The molecule has 16 heavy (non-hydrogen) atoms. The van der Waals surface area contributed by atoms with Crippen molar-refractivity contribution in [3.05, 3.63) is 66.0 Å². The quantitative estimate of drug-likeness (QED) is 0.436. The SMILES string of the molecule is C=C/C=C\C(C(=O)c1cccnc1)=C(C)C. The average Bonchev–Trinajstić information content (AvgIpc) is 2.30. The summed E-state index contributed by atoms with van der Waals surface area (Å²) in [5.74, 6) is -0.00815. The van der Waals surface area contributed by atoms with Crippen LogP contribution in [0.2, 0.25) is 0 Å². The van der Waals surface area contributed by atoms with Crippen LogP contribution in [0, 0.1) is 0 Å². The van der Waals surface area contributed by atoms with Gasteiger partial charge in [-0.1, -0.05) is 30.4 Å². The summed E-state index contributed by atoms with van der Waals surface area (Å²) in [4.78, 5) is 16.0. The summed E-state index contributed by atoms with van der Waals surface area (Å²) in [6.45, 7) is 7.42. The van der Waals surface area contributed by atoms with Crippen LogP contribution in [0.3, 0.4) is 0 Å². The van der Waals surface area contributed by atoms with Gasteiger partial charge >= 0.3 is 0 Å². The number of carbonyl (C=O) groups excluding carboxylic acids is 1. The molecule has 0 amide bonds. The molecule has 0 N–H and O–H groups in total. The Morgan fingerprint density at radius 3 is 2.69 bits per heavy atom. The first-order valence-electron chi connectivity index (χ1n) is 5.08. The number of carbonyl (C=O) groups is 1. The van der Waals surface area contributed by atoms with Crippen molar-refractivity contribution in [2.75, 3.05) is 0 Å². The van der Waals surface area contributed by atoms with E-state index in [-0.39, 0.29) is 5.78 Å². The molecule has 2 heteroatoms. The Labute approximate surface area is 96.0 Å². The van der Waals surface area contributed by atoms with E-state index in [1.54, 1.807) is 42.8 Å². The lowest BCUT2D eigenvalue weighted by molar-refractivity contribution is 0.103. The average molecular weight is 213 g/mol. The molecule has 1 aromatic rings. The van der Waals surface area contributed by atoms with Gasteiger partial charge in [-0.3, -0.25) is 9.78 Å². The van der Waals surface area contributed by atoms with Crippen LogP contribution in [0.4, 0.5) is 0 Å². The first-order chi connectivity index (χ1) is 7.66. The van der Waals surface area contributed by atoms with Gasteiger partial charge < -0.3 is 0 Å². The van der Waals surface area contributed by atoms with Gasteiger partial charge in [-0.15, -0.1) is 0 Å². The van der Waals surface area contributed by atoms with Gasteiger partial charge in [-0.25, -0.2) is 0 Å². The summed E-state index contributed by atoms with van der Waals surface area (Å²) in [7, 11) is 0. The van der Waals surface area contributed by atoms with Gasteiger partial charge in [-0.05, 0) is 26.0 Å². The third-order valence-electron chi connectivity index (χ3n) is 2.11. The van der Waals surface area contributed by atoms with Gasteiger partial charge in [-0.2, -0.15) is 0 Å². The van der Waals surface area contributed by atoms with E-state index in [1.165, 1.54) is 0 Å². The molecule has 0 spiro atoms. The normalized spacial score (nSPS) is 10.1. The highest BCUT2D eigenvalue weighted by atomic mass is 16.1. The lowest BCUT2D eigenvalue weighted by Gasteiger charge is -2.03. The summed E-state index contributed by atoms with van der Waals surface area (Å²) in [5, 5.41) is 0. The van der Waals surface area contributed by atoms with Crippen molar-refractivity contribution in [3.63, 3.8) is 0 Å². The highest BCUT2D eigenvalue weighted by Gasteiger charge is 2.10. The molecule has 0 aliphatic heterocycles. The molecule has 0 aromatic carbocycles. The van der Waals surface area contributed by atoms with Crippen LogP contribution < -0.4 is 0 Å². The fourth-order valence-electron chi connectivity index (χ4n) is 1.29. The third-order valence-corrected chi connectivity index (χ3v) is 2.11. The van der Waals surface area contributed by atoms with Gasteiger partial charge in [0.15, 0.2) is 5.78 Å². The standard InChI is InChI=1S/C14H15NO/c1-4-5-8-13(11(2)3)14(16)12-7-6-9-15-10-12/h4-10H,1H2,2-3H3/b8-5-. The summed E-state index contributed by atoms with van der Waals surface area (Å²) >= 11 is 0. The maximum absolute atomic E-state index is 12.1. The summed E-state index contributed by atoms with van der Waals surface area (Å²) in [6.07, 6.45) is 8.42. The first kappa shape index (κ1) is 12.1. The summed E-state index contributed by atoms with van der Waals surface area (Å²) in [5.41, 5.74) is 2.27. The minimum atomic E-state index is -0.00815. The third kappa shape index (κ3) is 3.02. The van der Waals surface area contributed by atoms with Crippen LogP contribution in [0.25, 0.3) is 0 Å². The van der Waals surface area contributed by atoms with Gasteiger partial charge in [0.2, 0.25) is 0 Å². The van der Waals surface area contributed by atoms with Crippen LogP contribution in [0.1, 0.15) is 24.2 Å². The van der Waals surface area contributed by atoms with Gasteiger partial charge in [0.25, 0.3) is 0 Å². The number of hydrogen-bond donors (Lipinski definition) is 0. The monoisotopic (exact) mass is 213 g/mol. The number of ketones is 1. The number of pyridine rings is 1. The fraction of sp³-hybridized carbons (Fsp3) is 0.143. The molecule has 0 aliphatic carbocycles. The Morgan fingerprint density at radius 2 is 2.19 bits per heavy atom. The van der Waals surface area contributed by atoms with Crippen LogP contribution in [0.5, 0.6) is 0 Å². The van der Waals surface area contributed by atoms with E-state index in [2.05, 4.69) is 11.6 Å². The van der Waals surface area contributed by atoms with Crippen molar-refractivity contribution in [3.8, 4) is 0 Å². The van der Waals surface area contributed by atoms with Crippen LogP contribution in [0.15, 0.2) is 60.5 Å². The lowest BCUT2D eigenvalue weighted by atomic mass is 10.0. The molecule has 0 fully saturated rings. The molecule has 0 saturated carbocycles. The number of nitrogens with zero attached hydrogens (tertiary/aromatic N) is 1. The maximum Gasteiger partial charge on any atom is 0.194 e. The van der Waals surface area contributed by atoms with Crippen molar-refractivity contribution < 1.29 is 4.79 Å². The Kier molecular flexibility index (Phi) is 4.40. The molecule has 0 unspecified atom stereocenters. The van der Waals surface area contributed by atoms with Gasteiger partial charge in [0.1, 0.15) is 0 Å². The Hall–Kier alpha value is -1.96. The molecule has 0 saturated heterocycles. The van der Waals surface area contributed by atoms with E-state index in [1.807, 2.05) is 13.8 Å². The van der Waals surface area contributed by atoms with Crippen molar-refractivity contribution in [2.45, 2.75) is 13.8 Å². The minimum Gasteiger partial charge on any atom is -0.289 e. The molecule has 1 rings (SSSR count). The summed E-state index contributed by atoms with van der Waals surface area (Å²) in [6, 6.07) is 3.52. The van der Waals surface area contributed by atoms with Crippen molar-refractivity contribution >= 4 is 5.78 Å². The number of rotatable bonds is 4. The number of hydrogen-bond acceptors (Lipinski definition) is 2. The molecule has 0 bridgehead atoms. The van der Waals surface area contributed by atoms with Crippen molar-refractivity contribution in [2.24, 2.45) is 0 Å².